The number of hydrogen-bond donors (Lipinski definition) is 1. The van der Waals surface area contributed by atoms with Crippen LogP contribution in [-0.4, -0.2) is 17.8 Å². The molecule has 4 nitrogen and oxygen atoms in total. The van der Waals surface area contributed by atoms with Gasteiger partial charge in [-0.2, -0.15) is 0 Å². The van der Waals surface area contributed by atoms with Crippen molar-refractivity contribution in [3.05, 3.63) is 70.1 Å². The van der Waals surface area contributed by atoms with Gasteiger partial charge >= 0.3 is 0 Å². The molecule has 2 amide bonds. The van der Waals surface area contributed by atoms with E-state index >= 15 is 0 Å². The SMILES string of the molecule is O=C1NC(=O)C(=Cc2ccc(OCC3Cc4ccccc43)cc2)S1. The second-order valence-electron chi connectivity index (χ2n) is 5.83. The Morgan fingerprint density at radius 1 is 1.12 bits per heavy atom. The third kappa shape index (κ3) is 2.95. The first-order valence-corrected chi connectivity index (χ1v) is 8.56. The average Bonchev–Trinajstić information content (AvgIpc) is 2.87. The third-order valence-electron chi connectivity index (χ3n) is 4.23. The van der Waals surface area contributed by atoms with E-state index in [1.54, 1.807) is 6.08 Å². The van der Waals surface area contributed by atoms with Gasteiger partial charge in [-0.05, 0) is 53.1 Å². The monoisotopic (exact) mass is 337 g/mol. The molecule has 0 radical (unpaired) electrons. The largest absolute Gasteiger partial charge is 0.493 e. The van der Waals surface area contributed by atoms with E-state index in [0.29, 0.717) is 17.4 Å². The Morgan fingerprint density at radius 2 is 1.92 bits per heavy atom. The Morgan fingerprint density at radius 3 is 2.62 bits per heavy atom. The topological polar surface area (TPSA) is 55.4 Å². The fourth-order valence-corrected chi connectivity index (χ4v) is 3.62. The molecule has 1 fully saturated rings. The molecule has 0 aromatic heterocycles. The maximum atomic E-state index is 11.5. The van der Waals surface area contributed by atoms with Gasteiger partial charge in [-0.15, -0.1) is 0 Å². The van der Waals surface area contributed by atoms with Gasteiger partial charge in [0.1, 0.15) is 5.75 Å². The normalized spacial score (nSPS) is 20.5. The first-order chi connectivity index (χ1) is 11.7. The summed E-state index contributed by atoms with van der Waals surface area (Å²) in [5.41, 5.74) is 3.66. The fraction of sp³-hybridized carbons (Fsp3) is 0.158. The maximum absolute atomic E-state index is 11.5. The van der Waals surface area contributed by atoms with Gasteiger partial charge in [-0.25, -0.2) is 0 Å². The summed E-state index contributed by atoms with van der Waals surface area (Å²) in [6.45, 7) is 0.671. The first kappa shape index (κ1) is 15.0. The highest BCUT2D eigenvalue weighted by Gasteiger charge is 2.26. The second-order valence-corrected chi connectivity index (χ2v) is 6.85. The predicted octanol–water partition coefficient (Wildman–Crippen LogP) is 3.73. The van der Waals surface area contributed by atoms with Crippen molar-refractivity contribution in [1.29, 1.82) is 0 Å². The van der Waals surface area contributed by atoms with Crippen molar-refractivity contribution in [2.24, 2.45) is 0 Å². The fourth-order valence-electron chi connectivity index (χ4n) is 2.94. The molecule has 2 aromatic carbocycles. The van der Waals surface area contributed by atoms with Crippen LogP contribution in [0.3, 0.4) is 0 Å². The quantitative estimate of drug-likeness (QED) is 0.864. The molecule has 120 valence electrons. The molecule has 1 heterocycles. The summed E-state index contributed by atoms with van der Waals surface area (Å²) < 4.78 is 5.87. The molecule has 4 rings (SSSR count). The Bertz CT molecular complexity index is 842. The van der Waals surface area contributed by atoms with Crippen LogP contribution in [0.5, 0.6) is 5.75 Å². The molecule has 1 aliphatic carbocycles. The predicted molar refractivity (Wildman–Crippen MR) is 93.9 cm³/mol. The minimum absolute atomic E-state index is 0.327. The van der Waals surface area contributed by atoms with Crippen molar-refractivity contribution in [1.82, 2.24) is 5.32 Å². The Labute approximate surface area is 143 Å². The smallest absolute Gasteiger partial charge is 0.290 e. The maximum Gasteiger partial charge on any atom is 0.290 e. The lowest BCUT2D eigenvalue weighted by Gasteiger charge is -2.29. The number of thioether (sulfide) groups is 1. The second kappa shape index (κ2) is 6.17. The molecular formula is C19H15NO3S. The van der Waals surface area contributed by atoms with E-state index in [9.17, 15) is 9.59 Å². The van der Waals surface area contributed by atoms with Gasteiger partial charge in [0.2, 0.25) is 0 Å². The molecule has 1 N–H and O–H groups in total. The van der Waals surface area contributed by atoms with E-state index in [1.165, 1.54) is 11.1 Å². The van der Waals surface area contributed by atoms with Crippen molar-refractivity contribution in [2.75, 3.05) is 6.61 Å². The lowest BCUT2D eigenvalue weighted by atomic mass is 9.78. The summed E-state index contributed by atoms with van der Waals surface area (Å²) in [6, 6.07) is 16.0. The highest BCUT2D eigenvalue weighted by molar-refractivity contribution is 8.18. The van der Waals surface area contributed by atoms with Gasteiger partial charge < -0.3 is 4.74 Å². The standard InChI is InChI=1S/C19H15NO3S/c21-18-17(24-19(22)20-18)9-12-5-7-15(8-6-12)23-11-14-10-13-3-1-2-4-16(13)14/h1-9,14H,10-11H2,(H,20,21,22). The van der Waals surface area contributed by atoms with Crippen molar-refractivity contribution in [2.45, 2.75) is 12.3 Å². The number of nitrogens with one attached hydrogen (secondary N) is 1. The zero-order chi connectivity index (χ0) is 16.5. The minimum Gasteiger partial charge on any atom is -0.493 e. The summed E-state index contributed by atoms with van der Waals surface area (Å²) in [5.74, 6) is 0.933. The molecule has 2 aliphatic rings. The molecule has 1 unspecified atom stereocenters. The van der Waals surface area contributed by atoms with Crippen molar-refractivity contribution in [3.63, 3.8) is 0 Å². The summed E-state index contributed by atoms with van der Waals surface area (Å²) in [5, 5.41) is 1.92. The van der Waals surface area contributed by atoms with Crippen LogP contribution in [0.2, 0.25) is 0 Å². The van der Waals surface area contributed by atoms with Gasteiger partial charge in [0.15, 0.2) is 0 Å². The van der Waals surface area contributed by atoms with Gasteiger partial charge in [-0.3, -0.25) is 14.9 Å². The van der Waals surface area contributed by atoms with E-state index in [2.05, 4.69) is 29.6 Å². The average molecular weight is 337 g/mol. The van der Waals surface area contributed by atoms with Gasteiger partial charge in [0.05, 0.1) is 11.5 Å². The molecule has 2 aromatic rings. The molecule has 1 saturated heterocycles. The van der Waals surface area contributed by atoms with E-state index in [0.717, 1.165) is 29.5 Å². The van der Waals surface area contributed by atoms with E-state index < -0.39 is 0 Å². The highest BCUT2D eigenvalue weighted by atomic mass is 32.2. The Kier molecular flexibility index (Phi) is 3.86. The number of ether oxygens (including phenoxy) is 1. The molecule has 0 saturated carbocycles. The number of carbonyl (C=O) groups excluding carboxylic acids is 2. The van der Waals surface area contributed by atoms with Crippen LogP contribution < -0.4 is 10.1 Å². The number of carbonyl (C=O) groups is 2. The Balaban J connectivity index is 1.38. The molecular weight excluding hydrogens is 322 g/mol. The molecule has 24 heavy (non-hydrogen) atoms. The third-order valence-corrected chi connectivity index (χ3v) is 5.04. The molecule has 0 bridgehead atoms. The van der Waals surface area contributed by atoms with Crippen LogP contribution in [0.1, 0.15) is 22.6 Å². The summed E-state index contributed by atoms with van der Waals surface area (Å²) in [6.07, 6.45) is 2.78. The molecule has 0 spiro atoms. The van der Waals surface area contributed by atoms with Crippen molar-refractivity contribution >= 4 is 29.0 Å². The van der Waals surface area contributed by atoms with Gasteiger partial charge in [-0.1, -0.05) is 36.4 Å². The van der Waals surface area contributed by atoms with Crippen LogP contribution >= 0.6 is 11.8 Å². The zero-order valence-corrected chi connectivity index (χ0v) is 13.6. The minimum atomic E-state index is -0.339. The van der Waals surface area contributed by atoms with Crippen LogP contribution in [0.25, 0.3) is 6.08 Å². The summed E-state index contributed by atoms with van der Waals surface area (Å²) >= 11 is 0.921. The van der Waals surface area contributed by atoms with Crippen LogP contribution in [0, 0.1) is 0 Å². The first-order valence-electron chi connectivity index (χ1n) is 7.74. The highest BCUT2D eigenvalue weighted by Crippen LogP contribution is 2.35. The number of benzene rings is 2. The number of rotatable bonds is 4. The van der Waals surface area contributed by atoms with E-state index in [1.807, 2.05) is 24.3 Å². The van der Waals surface area contributed by atoms with Crippen molar-refractivity contribution in [3.8, 4) is 5.75 Å². The molecule has 5 heteroatoms. The number of fused-ring (bicyclic) bond motifs is 1. The zero-order valence-electron chi connectivity index (χ0n) is 12.8. The van der Waals surface area contributed by atoms with Crippen LogP contribution in [0.15, 0.2) is 53.4 Å². The lowest BCUT2D eigenvalue weighted by Crippen LogP contribution is -2.23. The van der Waals surface area contributed by atoms with Gasteiger partial charge in [0.25, 0.3) is 11.1 Å². The van der Waals surface area contributed by atoms with E-state index in [-0.39, 0.29) is 11.1 Å². The van der Waals surface area contributed by atoms with Crippen molar-refractivity contribution < 1.29 is 14.3 Å². The summed E-state index contributed by atoms with van der Waals surface area (Å²) in [7, 11) is 0. The number of imide groups is 1. The number of hydrogen-bond acceptors (Lipinski definition) is 4. The molecule has 1 atom stereocenters. The summed E-state index contributed by atoms with van der Waals surface area (Å²) in [4.78, 5) is 23.1. The molecule has 1 aliphatic heterocycles. The van der Waals surface area contributed by atoms with Crippen LogP contribution in [0.4, 0.5) is 4.79 Å². The van der Waals surface area contributed by atoms with E-state index in [4.69, 9.17) is 4.74 Å². The number of amides is 2. The lowest BCUT2D eigenvalue weighted by molar-refractivity contribution is -0.115. The Hall–Kier alpha value is -2.53. The van der Waals surface area contributed by atoms with Crippen LogP contribution in [-0.2, 0) is 11.2 Å². The van der Waals surface area contributed by atoms with Gasteiger partial charge in [0, 0.05) is 5.92 Å².